The fourth-order valence-corrected chi connectivity index (χ4v) is 2.63. The molecule has 1 N–H and O–H groups in total. The Morgan fingerprint density at radius 2 is 1.71 bits per heavy atom. The summed E-state index contributed by atoms with van der Waals surface area (Å²) in [6.45, 7) is 2.33. The molecule has 0 aromatic heterocycles. The number of carbonyl (C=O) groups is 2. The van der Waals surface area contributed by atoms with E-state index in [1.165, 1.54) is 13.8 Å². The molecule has 21 heavy (non-hydrogen) atoms. The van der Waals surface area contributed by atoms with Gasteiger partial charge in [0.2, 0.25) is 0 Å². The van der Waals surface area contributed by atoms with Crippen LogP contribution in [-0.4, -0.2) is 74.5 Å². The van der Waals surface area contributed by atoms with Crippen LogP contribution in [0.15, 0.2) is 0 Å². The van der Waals surface area contributed by atoms with Gasteiger partial charge in [0.1, 0.15) is 6.61 Å². The summed E-state index contributed by atoms with van der Waals surface area (Å²) in [5, 5.41) is 0. The molecule has 8 nitrogen and oxygen atoms in total. The summed E-state index contributed by atoms with van der Waals surface area (Å²) >= 11 is 0. The Bertz CT molecular complexity index is 405. The highest BCUT2D eigenvalue weighted by molar-refractivity contribution is 7.52. The van der Waals surface area contributed by atoms with E-state index >= 15 is 0 Å². The fourth-order valence-electron chi connectivity index (χ4n) is 1.25. The fraction of sp³-hybridized carbons (Fsp3) is 0.833. The molecule has 0 aliphatic carbocycles. The first-order valence-electron chi connectivity index (χ1n) is 6.49. The number of ether oxygens (including phenoxy) is 2. The standard InChI is InChI=1S/C12H24NO7P/c1-10(14)18-8-12(20-11(2)15)9-19-21(16,17)7-6-13(3,4)5/h12H,6-9H2,1-5H3/p+1. The zero-order valence-electron chi connectivity index (χ0n) is 13.2. The molecule has 0 aromatic rings. The number of hydrogen-bond acceptors (Lipinski definition) is 6. The first-order valence-corrected chi connectivity index (χ1v) is 8.25. The molecule has 0 aliphatic rings. The maximum Gasteiger partial charge on any atom is 0.333 e. The van der Waals surface area contributed by atoms with Crippen LogP contribution in [0.5, 0.6) is 0 Å². The summed E-state index contributed by atoms with van der Waals surface area (Å²) in [4.78, 5) is 31.4. The Kier molecular flexibility index (Phi) is 8.10. The average molecular weight is 326 g/mol. The van der Waals surface area contributed by atoms with E-state index in [-0.39, 0.29) is 19.4 Å². The van der Waals surface area contributed by atoms with Crippen molar-refractivity contribution in [1.82, 2.24) is 0 Å². The van der Waals surface area contributed by atoms with Crippen LogP contribution in [0.25, 0.3) is 0 Å². The van der Waals surface area contributed by atoms with Crippen molar-refractivity contribution >= 4 is 19.5 Å². The van der Waals surface area contributed by atoms with Crippen LogP contribution in [-0.2, 0) is 28.2 Å². The van der Waals surface area contributed by atoms with Crippen LogP contribution < -0.4 is 0 Å². The van der Waals surface area contributed by atoms with Crippen LogP contribution in [0.4, 0.5) is 0 Å². The largest absolute Gasteiger partial charge is 0.462 e. The smallest absolute Gasteiger partial charge is 0.333 e. The molecule has 0 rings (SSSR count). The molecule has 0 saturated heterocycles. The third-order valence-corrected chi connectivity index (χ3v) is 3.64. The minimum atomic E-state index is -3.78. The van der Waals surface area contributed by atoms with E-state index in [0.29, 0.717) is 11.0 Å². The first kappa shape index (κ1) is 20.1. The highest BCUT2D eigenvalue weighted by atomic mass is 31.2. The molecule has 0 aliphatic heterocycles. The van der Waals surface area contributed by atoms with E-state index in [1.54, 1.807) is 0 Å². The summed E-state index contributed by atoms with van der Waals surface area (Å²) in [5.41, 5.74) is 0. The van der Waals surface area contributed by atoms with Gasteiger partial charge in [0.15, 0.2) is 6.10 Å². The molecular formula is C12H25NO7P+. The lowest BCUT2D eigenvalue weighted by molar-refractivity contribution is -0.867. The van der Waals surface area contributed by atoms with Gasteiger partial charge in [0, 0.05) is 13.8 Å². The molecule has 0 amide bonds. The predicted octanol–water partition coefficient (Wildman–Crippen LogP) is 0.389. The van der Waals surface area contributed by atoms with Crippen molar-refractivity contribution in [1.29, 1.82) is 0 Å². The molecule has 0 saturated carbocycles. The summed E-state index contributed by atoms with van der Waals surface area (Å²) in [6, 6.07) is 0. The summed E-state index contributed by atoms with van der Waals surface area (Å²) in [7, 11) is 1.89. The maximum atomic E-state index is 11.9. The number of rotatable bonds is 9. The number of esters is 2. The Hall–Kier alpha value is -0.950. The van der Waals surface area contributed by atoms with E-state index in [1.807, 2.05) is 21.1 Å². The normalized spacial score (nSPS) is 15.9. The predicted molar refractivity (Wildman–Crippen MR) is 75.7 cm³/mol. The van der Waals surface area contributed by atoms with E-state index in [2.05, 4.69) is 0 Å². The van der Waals surface area contributed by atoms with E-state index in [4.69, 9.17) is 14.0 Å². The molecule has 2 atom stereocenters. The molecule has 0 fully saturated rings. The van der Waals surface area contributed by atoms with Crippen molar-refractivity contribution in [3.8, 4) is 0 Å². The lowest BCUT2D eigenvalue weighted by Gasteiger charge is -2.25. The van der Waals surface area contributed by atoms with Gasteiger partial charge in [-0.1, -0.05) is 0 Å². The lowest BCUT2D eigenvalue weighted by Crippen LogP contribution is -2.37. The van der Waals surface area contributed by atoms with Crippen molar-refractivity contribution in [3.05, 3.63) is 0 Å². The Morgan fingerprint density at radius 1 is 1.14 bits per heavy atom. The van der Waals surface area contributed by atoms with Crippen LogP contribution in [0.3, 0.4) is 0 Å². The number of quaternary nitrogens is 1. The third-order valence-electron chi connectivity index (χ3n) is 2.32. The van der Waals surface area contributed by atoms with E-state index < -0.39 is 25.6 Å². The summed E-state index contributed by atoms with van der Waals surface area (Å²) in [6.07, 6.45) is -0.923. The zero-order chi connectivity index (χ0) is 16.7. The minimum Gasteiger partial charge on any atom is -0.462 e. The van der Waals surface area contributed by atoms with Crippen LogP contribution in [0.2, 0.25) is 0 Å². The quantitative estimate of drug-likeness (QED) is 0.372. The molecule has 9 heteroatoms. The highest BCUT2D eigenvalue weighted by Crippen LogP contribution is 2.41. The van der Waals surface area contributed by atoms with Crippen LogP contribution in [0.1, 0.15) is 13.8 Å². The summed E-state index contributed by atoms with van der Waals surface area (Å²) < 4.78 is 26.9. The molecule has 124 valence electrons. The summed E-state index contributed by atoms with van der Waals surface area (Å²) in [5.74, 6) is -1.13. The van der Waals surface area contributed by atoms with Crippen molar-refractivity contribution < 1.29 is 37.5 Å². The monoisotopic (exact) mass is 326 g/mol. The Balaban J connectivity index is 4.39. The van der Waals surface area contributed by atoms with Gasteiger partial charge in [-0.25, -0.2) is 0 Å². The molecule has 0 radical (unpaired) electrons. The number of nitrogens with zero attached hydrogens (tertiary/aromatic N) is 1. The van der Waals surface area contributed by atoms with Gasteiger partial charge in [0.25, 0.3) is 0 Å². The SMILES string of the molecule is CC(=O)OCC(COP(=O)(O)CC[N+](C)(C)C)OC(C)=O. The number of carbonyl (C=O) groups excluding carboxylic acids is 2. The van der Waals surface area contributed by atoms with Gasteiger partial charge >= 0.3 is 19.5 Å². The minimum absolute atomic E-state index is 0.0170. The first-order chi connectivity index (χ1) is 9.41. The third kappa shape index (κ3) is 12.5. The average Bonchev–Trinajstić information content (AvgIpc) is 2.29. The van der Waals surface area contributed by atoms with Gasteiger partial charge in [-0.3, -0.25) is 14.2 Å². The van der Waals surface area contributed by atoms with Gasteiger partial charge in [-0.05, 0) is 0 Å². The second-order valence-corrected chi connectivity index (χ2v) is 7.69. The van der Waals surface area contributed by atoms with Gasteiger partial charge < -0.3 is 23.4 Å². The Labute approximate surface area is 125 Å². The Morgan fingerprint density at radius 3 is 2.14 bits per heavy atom. The molecule has 0 bridgehead atoms. The topological polar surface area (TPSA) is 99.1 Å². The molecule has 0 aromatic carbocycles. The van der Waals surface area contributed by atoms with Crippen molar-refractivity contribution in [2.24, 2.45) is 0 Å². The van der Waals surface area contributed by atoms with Gasteiger partial charge in [0.05, 0.1) is 40.5 Å². The second-order valence-electron chi connectivity index (χ2n) is 5.70. The van der Waals surface area contributed by atoms with Gasteiger partial charge in [-0.15, -0.1) is 0 Å². The number of hydrogen-bond donors (Lipinski definition) is 1. The maximum absolute atomic E-state index is 11.9. The molecule has 2 unspecified atom stereocenters. The second kappa shape index (κ2) is 8.48. The van der Waals surface area contributed by atoms with E-state index in [9.17, 15) is 19.0 Å². The molecule has 0 heterocycles. The zero-order valence-corrected chi connectivity index (χ0v) is 14.1. The van der Waals surface area contributed by atoms with Crippen LogP contribution in [0, 0.1) is 0 Å². The van der Waals surface area contributed by atoms with Crippen LogP contribution >= 0.6 is 7.60 Å². The van der Waals surface area contributed by atoms with Crippen molar-refractivity contribution in [2.75, 3.05) is 47.1 Å². The molecule has 0 spiro atoms. The molecular weight excluding hydrogens is 301 g/mol. The lowest BCUT2D eigenvalue weighted by atomic mass is 10.4. The van der Waals surface area contributed by atoms with Crippen molar-refractivity contribution in [3.63, 3.8) is 0 Å². The van der Waals surface area contributed by atoms with Crippen molar-refractivity contribution in [2.45, 2.75) is 20.0 Å². The van der Waals surface area contributed by atoms with E-state index in [0.717, 1.165) is 0 Å². The highest BCUT2D eigenvalue weighted by Gasteiger charge is 2.26. The van der Waals surface area contributed by atoms with Gasteiger partial charge in [-0.2, -0.15) is 0 Å².